The summed E-state index contributed by atoms with van der Waals surface area (Å²) in [6, 6.07) is 9.63. The van der Waals surface area contributed by atoms with Crippen molar-refractivity contribution in [1.29, 1.82) is 0 Å². The predicted octanol–water partition coefficient (Wildman–Crippen LogP) is 1.57. The van der Waals surface area contributed by atoms with Crippen LogP contribution in [0.1, 0.15) is 33.1 Å². The fourth-order valence-electron chi connectivity index (χ4n) is 3.51. The van der Waals surface area contributed by atoms with Crippen LogP contribution in [0.15, 0.2) is 30.3 Å². The van der Waals surface area contributed by atoms with Gasteiger partial charge in [0.25, 0.3) is 5.91 Å². The van der Waals surface area contributed by atoms with E-state index in [0.29, 0.717) is 32.5 Å². The number of anilines is 1. The van der Waals surface area contributed by atoms with E-state index in [1.54, 1.807) is 23.6 Å². The Morgan fingerprint density at radius 3 is 2.48 bits per heavy atom. The van der Waals surface area contributed by atoms with Crippen molar-refractivity contribution < 1.29 is 19.4 Å². The Morgan fingerprint density at radius 1 is 1.24 bits per heavy atom. The van der Waals surface area contributed by atoms with Crippen LogP contribution in [0, 0.1) is 0 Å². The normalized spacial score (nSPS) is 20.8. The second-order valence-corrected chi connectivity index (χ2v) is 7.66. The fraction of sp³-hybridized carbons (Fsp3) is 0.579. The van der Waals surface area contributed by atoms with Gasteiger partial charge in [-0.25, -0.2) is 0 Å². The second kappa shape index (κ2) is 6.77. The van der Waals surface area contributed by atoms with Crippen molar-refractivity contribution in [2.24, 2.45) is 0 Å². The maximum Gasteiger partial charge on any atom is 0.253 e. The summed E-state index contributed by atoms with van der Waals surface area (Å²) in [4.78, 5) is 28.1. The van der Waals surface area contributed by atoms with Gasteiger partial charge in [-0.05, 0) is 38.8 Å². The first kappa shape index (κ1) is 17.9. The minimum atomic E-state index is -0.996. The number of para-hydroxylation sites is 1. The van der Waals surface area contributed by atoms with Crippen LogP contribution in [0.4, 0.5) is 5.69 Å². The van der Waals surface area contributed by atoms with E-state index in [1.165, 1.54) is 0 Å². The third-order valence-corrected chi connectivity index (χ3v) is 4.93. The zero-order chi connectivity index (χ0) is 18.1. The zero-order valence-corrected chi connectivity index (χ0v) is 14.9. The van der Waals surface area contributed by atoms with Gasteiger partial charge in [0, 0.05) is 18.8 Å². The molecule has 1 spiro atoms. The molecule has 25 heavy (non-hydrogen) atoms. The molecule has 6 heteroatoms. The standard InChI is InChI=1S/C19H26N2O4/c1-18(2,24)12-16(22)20-10-8-19(9-11-20)14-21(17(23)13-25-19)15-6-4-3-5-7-15/h3-7,24H,8-14H2,1-2H3. The van der Waals surface area contributed by atoms with E-state index in [2.05, 4.69) is 0 Å². The lowest BCUT2D eigenvalue weighted by molar-refractivity contribution is -0.152. The lowest BCUT2D eigenvalue weighted by Gasteiger charge is -2.47. The average molecular weight is 346 g/mol. The summed E-state index contributed by atoms with van der Waals surface area (Å²) >= 11 is 0. The van der Waals surface area contributed by atoms with Gasteiger partial charge in [-0.15, -0.1) is 0 Å². The molecule has 0 saturated carbocycles. The van der Waals surface area contributed by atoms with Gasteiger partial charge >= 0.3 is 0 Å². The van der Waals surface area contributed by atoms with E-state index in [9.17, 15) is 14.7 Å². The average Bonchev–Trinajstić information content (AvgIpc) is 2.57. The van der Waals surface area contributed by atoms with E-state index in [1.807, 2.05) is 30.3 Å². The summed E-state index contributed by atoms with van der Waals surface area (Å²) < 4.78 is 5.92. The highest BCUT2D eigenvalue weighted by Gasteiger charge is 2.43. The van der Waals surface area contributed by atoms with Gasteiger partial charge in [0.1, 0.15) is 6.61 Å². The number of ether oxygens (including phenoxy) is 1. The van der Waals surface area contributed by atoms with Crippen LogP contribution in [0.2, 0.25) is 0 Å². The van der Waals surface area contributed by atoms with E-state index in [0.717, 1.165) is 5.69 Å². The molecule has 2 saturated heterocycles. The van der Waals surface area contributed by atoms with Gasteiger partial charge in [0.2, 0.25) is 5.91 Å². The van der Waals surface area contributed by atoms with E-state index in [4.69, 9.17) is 4.74 Å². The molecule has 0 unspecified atom stereocenters. The first-order chi connectivity index (χ1) is 11.8. The van der Waals surface area contributed by atoms with Crippen molar-refractivity contribution >= 4 is 17.5 Å². The minimum absolute atomic E-state index is 0.0302. The highest BCUT2D eigenvalue weighted by Crippen LogP contribution is 2.33. The summed E-state index contributed by atoms with van der Waals surface area (Å²) in [6.45, 7) is 5.06. The Morgan fingerprint density at radius 2 is 1.88 bits per heavy atom. The third kappa shape index (κ3) is 4.19. The number of aliphatic hydroxyl groups is 1. The summed E-state index contributed by atoms with van der Waals surface area (Å²) in [5.41, 5.74) is -0.505. The molecule has 0 aliphatic carbocycles. The van der Waals surface area contributed by atoms with Crippen molar-refractivity contribution in [2.75, 3.05) is 31.1 Å². The number of carbonyl (C=O) groups is 2. The molecule has 0 radical (unpaired) electrons. The number of likely N-dealkylation sites (tertiary alicyclic amines) is 1. The second-order valence-electron chi connectivity index (χ2n) is 7.66. The number of morpholine rings is 1. The molecule has 6 nitrogen and oxygen atoms in total. The number of benzene rings is 1. The van der Waals surface area contributed by atoms with Crippen molar-refractivity contribution in [2.45, 2.75) is 44.3 Å². The monoisotopic (exact) mass is 346 g/mol. The van der Waals surface area contributed by atoms with E-state index < -0.39 is 11.2 Å². The Hall–Kier alpha value is -1.92. The van der Waals surface area contributed by atoms with Crippen molar-refractivity contribution in [1.82, 2.24) is 4.90 Å². The SMILES string of the molecule is CC(C)(O)CC(=O)N1CCC2(CC1)CN(c1ccccc1)C(=O)CO2. The number of hydrogen-bond acceptors (Lipinski definition) is 4. The Kier molecular flexibility index (Phi) is 4.84. The molecule has 2 aliphatic heterocycles. The molecule has 0 aromatic heterocycles. The topological polar surface area (TPSA) is 70.1 Å². The maximum atomic E-state index is 12.3. The highest BCUT2D eigenvalue weighted by molar-refractivity contribution is 5.95. The lowest BCUT2D eigenvalue weighted by atomic mass is 9.88. The van der Waals surface area contributed by atoms with Crippen molar-refractivity contribution in [3.8, 4) is 0 Å². The smallest absolute Gasteiger partial charge is 0.253 e. The van der Waals surface area contributed by atoms with Crippen molar-refractivity contribution in [3.05, 3.63) is 30.3 Å². The minimum Gasteiger partial charge on any atom is -0.390 e. The predicted molar refractivity (Wildman–Crippen MR) is 94.2 cm³/mol. The van der Waals surface area contributed by atoms with E-state index >= 15 is 0 Å². The van der Waals surface area contributed by atoms with Crippen LogP contribution in [0.25, 0.3) is 0 Å². The molecule has 1 aromatic rings. The quantitative estimate of drug-likeness (QED) is 0.902. The van der Waals surface area contributed by atoms with Gasteiger partial charge in [-0.3, -0.25) is 9.59 Å². The Bertz CT molecular complexity index is 631. The van der Waals surface area contributed by atoms with Gasteiger partial charge in [0.15, 0.2) is 0 Å². The molecular formula is C19H26N2O4. The Balaban J connectivity index is 1.64. The molecule has 2 fully saturated rings. The van der Waals surface area contributed by atoms with Gasteiger partial charge < -0.3 is 19.6 Å². The largest absolute Gasteiger partial charge is 0.390 e. The van der Waals surface area contributed by atoms with Crippen LogP contribution < -0.4 is 4.90 Å². The Labute approximate surface area is 148 Å². The van der Waals surface area contributed by atoms with Gasteiger partial charge in [-0.2, -0.15) is 0 Å². The number of carbonyl (C=O) groups excluding carboxylic acids is 2. The summed E-state index contributed by atoms with van der Waals surface area (Å²) in [6.07, 6.45) is 1.51. The first-order valence-electron chi connectivity index (χ1n) is 8.78. The molecule has 2 heterocycles. The molecule has 2 aliphatic rings. The van der Waals surface area contributed by atoms with Gasteiger partial charge in [-0.1, -0.05) is 18.2 Å². The number of nitrogens with zero attached hydrogens (tertiary/aromatic N) is 2. The fourth-order valence-corrected chi connectivity index (χ4v) is 3.51. The summed E-state index contributed by atoms with van der Waals surface area (Å²) in [7, 11) is 0. The molecule has 1 N–H and O–H groups in total. The van der Waals surface area contributed by atoms with E-state index in [-0.39, 0.29) is 24.8 Å². The summed E-state index contributed by atoms with van der Waals surface area (Å²) in [5, 5.41) is 9.83. The van der Waals surface area contributed by atoms with Crippen LogP contribution in [-0.4, -0.2) is 59.3 Å². The zero-order valence-electron chi connectivity index (χ0n) is 14.9. The first-order valence-corrected chi connectivity index (χ1v) is 8.78. The lowest BCUT2D eigenvalue weighted by Crippen LogP contribution is -2.59. The van der Waals surface area contributed by atoms with Crippen LogP contribution in [0.3, 0.4) is 0 Å². The molecule has 0 bridgehead atoms. The molecule has 2 amide bonds. The highest BCUT2D eigenvalue weighted by atomic mass is 16.5. The van der Waals surface area contributed by atoms with Crippen molar-refractivity contribution in [3.63, 3.8) is 0 Å². The molecule has 1 aromatic carbocycles. The molecular weight excluding hydrogens is 320 g/mol. The molecule has 3 rings (SSSR count). The third-order valence-electron chi connectivity index (χ3n) is 4.93. The van der Waals surface area contributed by atoms with Gasteiger partial charge in [0.05, 0.1) is 24.2 Å². The number of amides is 2. The van der Waals surface area contributed by atoms with Crippen LogP contribution in [-0.2, 0) is 14.3 Å². The molecule has 0 atom stereocenters. The molecule has 136 valence electrons. The maximum absolute atomic E-state index is 12.3. The summed E-state index contributed by atoms with van der Waals surface area (Å²) in [5.74, 6) is -0.0634. The van der Waals surface area contributed by atoms with Crippen LogP contribution in [0.5, 0.6) is 0 Å². The number of piperidine rings is 1. The number of hydrogen-bond donors (Lipinski definition) is 1. The van der Waals surface area contributed by atoms with Crippen LogP contribution >= 0.6 is 0 Å². The number of rotatable bonds is 3.